The molecule has 0 bridgehead atoms. The molecule has 0 aromatic rings. The third kappa shape index (κ3) is 2.27. The van der Waals surface area contributed by atoms with Crippen molar-refractivity contribution in [1.29, 1.82) is 0 Å². The van der Waals surface area contributed by atoms with E-state index in [0.717, 1.165) is 0 Å². The summed E-state index contributed by atoms with van der Waals surface area (Å²) in [4.78, 5) is 11.7. The Hall–Kier alpha value is -0.730. The Morgan fingerprint density at radius 3 is 1.73 bits per heavy atom. The molecule has 1 saturated carbocycles. The predicted molar refractivity (Wildman–Crippen MR) is 62.8 cm³/mol. The van der Waals surface area contributed by atoms with Crippen LogP contribution < -0.4 is 10.6 Å². The molecule has 0 aromatic heterocycles. The van der Waals surface area contributed by atoms with Crippen LogP contribution in [0.1, 0.15) is 48.5 Å². The third-order valence-corrected chi connectivity index (χ3v) is 3.78. The second-order valence-electron chi connectivity index (χ2n) is 6.72. The second kappa shape index (κ2) is 3.13. The van der Waals surface area contributed by atoms with Gasteiger partial charge in [-0.2, -0.15) is 0 Å². The van der Waals surface area contributed by atoms with Crippen LogP contribution in [0.25, 0.3) is 0 Å². The molecule has 0 saturated heterocycles. The Morgan fingerprint density at radius 2 is 1.47 bits per heavy atom. The molecule has 0 unspecified atom stereocenters. The monoisotopic (exact) mass is 212 g/mol. The SMILES string of the molecule is CC(C)(C)NC(=O)NC1C(C)(C)C1(C)C. The highest BCUT2D eigenvalue weighted by Crippen LogP contribution is 2.62. The molecule has 0 radical (unpaired) electrons. The van der Waals surface area contributed by atoms with Crippen LogP contribution in [-0.2, 0) is 0 Å². The minimum absolute atomic E-state index is 0.0637. The molecular weight excluding hydrogens is 188 g/mol. The Labute approximate surface area is 93.0 Å². The fourth-order valence-corrected chi connectivity index (χ4v) is 2.06. The topological polar surface area (TPSA) is 41.1 Å². The predicted octanol–water partition coefficient (Wildman–Crippen LogP) is 2.52. The van der Waals surface area contributed by atoms with E-state index in [1.807, 2.05) is 20.8 Å². The van der Waals surface area contributed by atoms with Gasteiger partial charge in [0.05, 0.1) is 0 Å². The zero-order valence-electron chi connectivity index (χ0n) is 11.0. The van der Waals surface area contributed by atoms with Crippen molar-refractivity contribution >= 4 is 6.03 Å². The first-order valence-corrected chi connectivity index (χ1v) is 5.57. The molecule has 3 heteroatoms. The molecule has 0 atom stereocenters. The van der Waals surface area contributed by atoms with Crippen molar-refractivity contribution < 1.29 is 4.79 Å². The summed E-state index contributed by atoms with van der Waals surface area (Å²) in [5.41, 5.74) is 0.220. The summed E-state index contributed by atoms with van der Waals surface area (Å²) in [6.45, 7) is 14.7. The fourth-order valence-electron chi connectivity index (χ4n) is 2.06. The number of hydrogen-bond donors (Lipinski definition) is 2. The largest absolute Gasteiger partial charge is 0.334 e. The van der Waals surface area contributed by atoms with Gasteiger partial charge in [-0.1, -0.05) is 27.7 Å². The van der Waals surface area contributed by atoms with E-state index >= 15 is 0 Å². The fraction of sp³-hybridized carbons (Fsp3) is 0.917. The van der Waals surface area contributed by atoms with Gasteiger partial charge in [0, 0.05) is 11.6 Å². The van der Waals surface area contributed by atoms with Gasteiger partial charge in [0.1, 0.15) is 0 Å². The summed E-state index contributed by atoms with van der Waals surface area (Å²) in [7, 11) is 0. The minimum atomic E-state index is -0.173. The van der Waals surface area contributed by atoms with Crippen molar-refractivity contribution in [3.05, 3.63) is 0 Å². The van der Waals surface area contributed by atoms with Crippen LogP contribution >= 0.6 is 0 Å². The highest BCUT2D eigenvalue weighted by Gasteiger charge is 2.65. The lowest BCUT2D eigenvalue weighted by Gasteiger charge is -2.21. The van der Waals surface area contributed by atoms with Crippen LogP contribution in [0.4, 0.5) is 4.79 Å². The molecule has 0 aliphatic heterocycles. The van der Waals surface area contributed by atoms with Crippen LogP contribution in [-0.4, -0.2) is 17.6 Å². The molecular formula is C12H24N2O. The van der Waals surface area contributed by atoms with Crippen molar-refractivity contribution in [2.24, 2.45) is 10.8 Å². The van der Waals surface area contributed by atoms with E-state index in [1.165, 1.54) is 0 Å². The highest BCUT2D eigenvalue weighted by atomic mass is 16.2. The van der Waals surface area contributed by atoms with Crippen molar-refractivity contribution in [2.75, 3.05) is 0 Å². The average Bonchev–Trinajstić information content (AvgIpc) is 2.28. The standard InChI is InChI=1S/C12H24N2O/c1-10(2,3)14-9(15)13-8-11(4,5)12(8,6)7/h8H,1-7H3,(H2,13,14,15). The number of urea groups is 1. The first-order valence-electron chi connectivity index (χ1n) is 5.57. The van der Waals surface area contributed by atoms with E-state index in [2.05, 4.69) is 38.3 Å². The smallest absolute Gasteiger partial charge is 0.315 e. The molecule has 1 aliphatic carbocycles. The van der Waals surface area contributed by atoms with Gasteiger partial charge in [0.15, 0.2) is 0 Å². The molecule has 88 valence electrons. The maximum atomic E-state index is 11.7. The van der Waals surface area contributed by atoms with Crippen molar-refractivity contribution in [3.63, 3.8) is 0 Å². The summed E-state index contributed by atoms with van der Waals surface area (Å²) in [6, 6.07) is 0.207. The van der Waals surface area contributed by atoms with Gasteiger partial charge < -0.3 is 10.6 Å². The first kappa shape index (κ1) is 12.3. The number of nitrogens with one attached hydrogen (secondary N) is 2. The molecule has 15 heavy (non-hydrogen) atoms. The molecule has 1 fully saturated rings. The van der Waals surface area contributed by atoms with Gasteiger partial charge in [-0.3, -0.25) is 0 Å². The Bertz CT molecular complexity index is 260. The molecule has 3 nitrogen and oxygen atoms in total. The number of carbonyl (C=O) groups is 1. The van der Waals surface area contributed by atoms with Crippen LogP contribution in [0.2, 0.25) is 0 Å². The van der Waals surface area contributed by atoms with E-state index < -0.39 is 0 Å². The molecule has 2 amide bonds. The summed E-state index contributed by atoms with van der Waals surface area (Å²) in [5, 5.41) is 5.96. The van der Waals surface area contributed by atoms with Crippen molar-refractivity contribution in [1.82, 2.24) is 10.6 Å². The zero-order valence-corrected chi connectivity index (χ0v) is 11.0. The van der Waals surface area contributed by atoms with Crippen LogP contribution in [0, 0.1) is 10.8 Å². The zero-order chi connectivity index (χ0) is 12.1. The summed E-state index contributed by atoms with van der Waals surface area (Å²) in [5.74, 6) is 0. The van der Waals surface area contributed by atoms with Crippen LogP contribution in [0.5, 0.6) is 0 Å². The Balaban J connectivity index is 2.49. The number of amides is 2. The molecule has 0 spiro atoms. The maximum absolute atomic E-state index is 11.7. The van der Waals surface area contributed by atoms with Gasteiger partial charge in [0.25, 0.3) is 0 Å². The summed E-state index contributed by atoms with van der Waals surface area (Å²) < 4.78 is 0. The number of rotatable bonds is 1. The number of hydrogen-bond acceptors (Lipinski definition) is 1. The molecule has 2 N–H and O–H groups in total. The summed E-state index contributed by atoms with van der Waals surface area (Å²) in [6.07, 6.45) is 0. The van der Waals surface area contributed by atoms with Gasteiger partial charge in [-0.05, 0) is 31.6 Å². The molecule has 1 aliphatic rings. The van der Waals surface area contributed by atoms with E-state index in [1.54, 1.807) is 0 Å². The summed E-state index contributed by atoms with van der Waals surface area (Å²) >= 11 is 0. The van der Waals surface area contributed by atoms with Gasteiger partial charge >= 0.3 is 6.03 Å². The van der Waals surface area contributed by atoms with Crippen molar-refractivity contribution in [3.8, 4) is 0 Å². The van der Waals surface area contributed by atoms with E-state index in [4.69, 9.17) is 0 Å². The average molecular weight is 212 g/mol. The number of carbonyl (C=O) groups excluding carboxylic acids is 1. The van der Waals surface area contributed by atoms with E-state index in [-0.39, 0.29) is 28.4 Å². The normalized spacial score (nSPS) is 23.4. The van der Waals surface area contributed by atoms with Gasteiger partial charge in [-0.15, -0.1) is 0 Å². The molecule has 1 rings (SSSR count). The van der Waals surface area contributed by atoms with E-state index in [0.29, 0.717) is 0 Å². The lowest BCUT2D eigenvalue weighted by atomic mass is 10.0. The third-order valence-electron chi connectivity index (χ3n) is 3.78. The first-order chi connectivity index (χ1) is 6.48. The van der Waals surface area contributed by atoms with Gasteiger partial charge in [0.2, 0.25) is 0 Å². The lowest BCUT2D eigenvalue weighted by Crippen LogP contribution is -2.48. The minimum Gasteiger partial charge on any atom is -0.334 e. The maximum Gasteiger partial charge on any atom is 0.315 e. The highest BCUT2D eigenvalue weighted by molar-refractivity contribution is 5.75. The van der Waals surface area contributed by atoms with E-state index in [9.17, 15) is 4.79 Å². The van der Waals surface area contributed by atoms with Crippen LogP contribution in [0.3, 0.4) is 0 Å². The molecule has 0 heterocycles. The van der Waals surface area contributed by atoms with Crippen LogP contribution in [0.15, 0.2) is 0 Å². The van der Waals surface area contributed by atoms with Crippen molar-refractivity contribution in [2.45, 2.75) is 60.0 Å². The Kier molecular flexibility index (Phi) is 2.57. The molecule has 0 aromatic carbocycles. The second-order valence-corrected chi connectivity index (χ2v) is 6.72. The lowest BCUT2D eigenvalue weighted by molar-refractivity contribution is 0.229. The Morgan fingerprint density at radius 1 is 1.07 bits per heavy atom. The quantitative estimate of drug-likeness (QED) is 0.689. The van der Waals surface area contributed by atoms with Gasteiger partial charge in [-0.25, -0.2) is 4.79 Å².